The van der Waals surface area contributed by atoms with Crippen LogP contribution < -0.4 is 14.9 Å². The summed E-state index contributed by atoms with van der Waals surface area (Å²) in [7, 11) is 0. The molecule has 170 valence electrons. The zero-order valence-electron chi connectivity index (χ0n) is 18.3. The highest BCUT2D eigenvalue weighted by Crippen LogP contribution is 2.27. The fourth-order valence-electron chi connectivity index (χ4n) is 3.33. The maximum absolute atomic E-state index is 12.7. The summed E-state index contributed by atoms with van der Waals surface area (Å²) in [5.41, 5.74) is 4.39. The molecule has 4 aromatic carbocycles. The van der Waals surface area contributed by atoms with Gasteiger partial charge in [0.25, 0.3) is 5.91 Å². The fraction of sp³-hybridized carbons (Fsp3) is 0.0741. The quantitative estimate of drug-likeness (QED) is 0.165. The number of halogens is 1. The Balaban J connectivity index is 1.52. The van der Waals surface area contributed by atoms with Crippen molar-refractivity contribution in [3.63, 3.8) is 0 Å². The Kier molecular flexibility index (Phi) is 7.20. The van der Waals surface area contributed by atoms with E-state index in [1.165, 1.54) is 6.21 Å². The van der Waals surface area contributed by atoms with Crippen LogP contribution in [0.15, 0.2) is 90.0 Å². The molecular weight excluding hydrogens is 452 g/mol. The molecule has 0 bridgehead atoms. The van der Waals surface area contributed by atoms with Gasteiger partial charge in [-0.25, -0.2) is 10.2 Å². The number of ether oxygens (including phenoxy) is 2. The number of amides is 1. The van der Waals surface area contributed by atoms with Crippen molar-refractivity contribution in [2.75, 3.05) is 6.61 Å². The lowest BCUT2D eigenvalue weighted by molar-refractivity contribution is -0.123. The van der Waals surface area contributed by atoms with Gasteiger partial charge in [0.1, 0.15) is 11.5 Å². The average Bonchev–Trinajstić information content (AvgIpc) is 2.84. The fourth-order valence-corrected chi connectivity index (χ4v) is 3.53. The van der Waals surface area contributed by atoms with Crippen molar-refractivity contribution < 1.29 is 19.1 Å². The molecule has 0 spiro atoms. The van der Waals surface area contributed by atoms with Crippen molar-refractivity contribution in [1.82, 2.24) is 5.43 Å². The van der Waals surface area contributed by atoms with Crippen molar-refractivity contribution in [3.05, 3.63) is 107 Å². The van der Waals surface area contributed by atoms with Gasteiger partial charge in [0.2, 0.25) is 0 Å². The highest BCUT2D eigenvalue weighted by atomic mass is 35.5. The molecule has 0 aromatic heterocycles. The number of hydrogen-bond donors (Lipinski definition) is 1. The van der Waals surface area contributed by atoms with E-state index >= 15 is 0 Å². The topological polar surface area (TPSA) is 77.0 Å². The van der Waals surface area contributed by atoms with E-state index in [0.29, 0.717) is 27.6 Å². The van der Waals surface area contributed by atoms with E-state index < -0.39 is 11.9 Å². The molecule has 0 heterocycles. The number of fused-ring (bicyclic) bond motifs is 1. The van der Waals surface area contributed by atoms with E-state index in [0.717, 1.165) is 16.3 Å². The molecule has 0 aliphatic rings. The van der Waals surface area contributed by atoms with Crippen molar-refractivity contribution >= 4 is 40.5 Å². The minimum Gasteiger partial charge on any atom is -0.482 e. The molecule has 0 fully saturated rings. The van der Waals surface area contributed by atoms with Gasteiger partial charge in [0, 0.05) is 5.56 Å². The number of rotatable bonds is 7. The zero-order chi connectivity index (χ0) is 23.9. The lowest BCUT2D eigenvalue weighted by Crippen LogP contribution is -2.24. The third-order valence-electron chi connectivity index (χ3n) is 4.97. The predicted octanol–water partition coefficient (Wildman–Crippen LogP) is 5.55. The lowest BCUT2D eigenvalue weighted by atomic mass is 10.0. The number of carbonyl (C=O) groups is 2. The van der Waals surface area contributed by atoms with Crippen LogP contribution >= 0.6 is 11.6 Å². The summed E-state index contributed by atoms with van der Waals surface area (Å²) in [6, 6.07) is 25.2. The first-order valence-electron chi connectivity index (χ1n) is 10.5. The number of carbonyl (C=O) groups excluding carboxylic acids is 2. The van der Waals surface area contributed by atoms with Crippen LogP contribution in [0.4, 0.5) is 0 Å². The second-order valence-corrected chi connectivity index (χ2v) is 7.88. The summed E-state index contributed by atoms with van der Waals surface area (Å²) >= 11 is 6.03. The first-order chi connectivity index (χ1) is 16.5. The molecule has 4 rings (SSSR count). The SMILES string of the molecule is Cc1cccc(C(=O)Oc2ccc3ccccc3c2/C=N/NC(=O)COc2ccccc2Cl)c1. The zero-order valence-corrected chi connectivity index (χ0v) is 19.1. The van der Waals surface area contributed by atoms with E-state index in [-0.39, 0.29) is 6.61 Å². The number of benzene rings is 4. The molecule has 6 nitrogen and oxygen atoms in total. The third-order valence-corrected chi connectivity index (χ3v) is 5.28. The number of hydrazone groups is 1. The molecule has 0 saturated carbocycles. The van der Waals surface area contributed by atoms with E-state index in [1.807, 2.05) is 43.3 Å². The van der Waals surface area contributed by atoms with Crippen LogP contribution in [0.2, 0.25) is 5.02 Å². The number of hydrogen-bond acceptors (Lipinski definition) is 5. The maximum Gasteiger partial charge on any atom is 0.343 e. The van der Waals surface area contributed by atoms with Crippen LogP contribution in [-0.4, -0.2) is 24.7 Å². The minimum atomic E-state index is -0.481. The molecule has 1 N–H and O–H groups in total. The normalized spacial score (nSPS) is 10.9. The molecule has 7 heteroatoms. The van der Waals surface area contributed by atoms with Gasteiger partial charge < -0.3 is 9.47 Å². The standard InChI is InChI=1S/C27H21ClN2O4/c1-18-7-6-9-20(15-18)27(32)34-24-14-13-19-8-2-3-10-21(19)22(24)16-29-30-26(31)17-33-25-12-5-4-11-23(25)28/h2-16H,17H2,1H3,(H,30,31)/b29-16+. The second kappa shape index (κ2) is 10.6. The van der Waals surface area contributed by atoms with Crippen molar-refractivity contribution in [3.8, 4) is 11.5 Å². The highest BCUT2D eigenvalue weighted by Gasteiger charge is 2.14. The Bertz CT molecular complexity index is 1380. The third kappa shape index (κ3) is 5.60. The lowest BCUT2D eigenvalue weighted by Gasteiger charge is -2.11. The van der Waals surface area contributed by atoms with Gasteiger partial charge in [-0.15, -0.1) is 0 Å². The van der Waals surface area contributed by atoms with Gasteiger partial charge in [-0.1, -0.05) is 71.8 Å². The largest absolute Gasteiger partial charge is 0.482 e. The van der Waals surface area contributed by atoms with Gasteiger partial charge in [-0.05, 0) is 48.0 Å². The minimum absolute atomic E-state index is 0.258. The number of nitrogens with zero attached hydrogens (tertiary/aromatic N) is 1. The summed E-state index contributed by atoms with van der Waals surface area (Å²) in [5.74, 6) is -0.210. The van der Waals surface area contributed by atoms with Crippen LogP contribution in [-0.2, 0) is 4.79 Å². The van der Waals surface area contributed by atoms with Crippen molar-refractivity contribution in [2.45, 2.75) is 6.92 Å². The van der Waals surface area contributed by atoms with Crippen molar-refractivity contribution in [1.29, 1.82) is 0 Å². The molecular formula is C27H21ClN2O4. The van der Waals surface area contributed by atoms with Gasteiger partial charge in [0.15, 0.2) is 6.61 Å². The molecule has 4 aromatic rings. The Labute approximate surface area is 201 Å². The molecule has 0 radical (unpaired) electrons. The molecule has 0 aliphatic heterocycles. The molecule has 0 atom stereocenters. The van der Waals surface area contributed by atoms with E-state index in [4.69, 9.17) is 21.1 Å². The first kappa shape index (κ1) is 23.0. The number of nitrogens with one attached hydrogen (secondary N) is 1. The number of para-hydroxylation sites is 1. The molecule has 34 heavy (non-hydrogen) atoms. The number of aryl methyl sites for hydroxylation is 1. The van der Waals surface area contributed by atoms with Gasteiger partial charge in [-0.3, -0.25) is 4.79 Å². The summed E-state index contributed by atoms with van der Waals surface area (Å²) in [4.78, 5) is 24.9. The molecule has 0 saturated heterocycles. The van der Waals surface area contributed by atoms with Crippen LogP contribution in [0.1, 0.15) is 21.5 Å². The smallest absolute Gasteiger partial charge is 0.343 e. The van der Waals surface area contributed by atoms with Crippen LogP contribution in [0.5, 0.6) is 11.5 Å². The Morgan fingerprint density at radius 1 is 0.941 bits per heavy atom. The summed E-state index contributed by atoms with van der Waals surface area (Å²) in [6.45, 7) is 1.65. The monoisotopic (exact) mass is 472 g/mol. The van der Waals surface area contributed by atoms with Crippen LogP contribution in [0.3, 0.4) is 0 Å². The van der Waals surface area contributed by atoms with E-state index in [9.17, 15) is 9.59 Å². The Morgan fingerprint density at radius 3 is 2.56 bits per heavy atom. The van der Waals surface area contributed by atoms with E-state index in [1.54, 1.807) is 48.5 Å². The summed E-state index contributed by atoms with van der Waals surface area (Å²) in [6.07, 6.45) is 1.45. The van der Waals surface area contributed by atoms with E-state index in [2.05, 4.69) is 10.5 Å². The highest BCUT2D eigenvalue weighted by molar-refractivity contribution is 6.32. The molecule has 1 amide bonds. The Morgan fingerprint density at radius 2 is 1.74 bits per heavy atom. The van der Waals surface area contributed by atoms with Crippen LogP contribution in [0.25, 0.3) is 10.8 Å². The maximum atomic E-state index is 12.7. The van der Waals surface area contributed by atoms with Crippen molar-refractivity contribution in [2.24, 2.45) is 5.10 Å². The Hall–Kier alpha value is -4.16. The first-order valence-corrected chi connectivity index (χ1v) is 10.9. The average molecular weight is 473 g/mol. The van der Waals surface area contributed by atoms with Crippen LogP contribution in [0, 0.1) is 6.92 Å². The summed E-state index contributed by atoms with van der Waals surface area (Å²) in [5, 5.41) is 6.22. The van der Waals surface area contributed by atoms with Gasteiger partial charge in [-0.2, -0.15) is 5.10 Å². The second-order valence-electron chi connectivity index (χ2n) is 7.47. The molecule has 0 aliphatic carbocycles. The summed E-state index contributed by atoms with van der Waals surface area (Å²) < 4.78 is 11.1. The molecule has 0 unspecified atom stereocenters. The van der Waals surface area contributed by atoms with Gasteiger partial charge >= 0.3 is 5.97 Å². The predicted molar refractivity (Wildman–Crippen MR) is 133 cm³/mol. The number of esters is 1. The van der Waals surface area contributed by atoms with Gasteiger partial charge in [0.05, 0.1) is 16.8 Å².